The lowest BCUT2D eigenvalue weighted by atomic mass is 9.93. The van der Waals surface area contributed by atoms with Gasteiger partial charge in [-0.15, -0.1) is 0 Å². The van der Waals surface area contributed by atoms with E-state index in [2.05, 4.69) is 43.2 Å². The third-order valence-electron chi connectivity index (χ3n) is 7.23. The number of hydrogen-bond acceptors (Lipinski definition) is 8. The smallest absolute Gasteiger partial charge is 0.268 e. The summed E-state index contributed by atoms with van der Waals surface area (Å²) < 4.78 is 5.40. The Morgan fingerprint density at radius 2 is 2.08 bits per heavy atom. The zero-order chi connectivity index (χ0) is 28.6. The van der Waals surface area contributed by atoms with Crippen LogP contribution in [0.15, 0.2) is 36.0 Å². The van der Waals surface area contributed by atoms with E-state index in [1.807, 2.05) is 38.2 Å². The molecule has 0 aliphatic carbocycles. The summed E-state index contributed by atoms with van der Waals surface area (Å²) in [6.07, 6.45) is 3.17. The van der Waals surface area contributed by atoms with Gasteiger partial charge in [0.15, 0.2) is 0 Å². The number of hydrazine groups is 1. The lowest BCUT2D eigenvalue weighted by Crippen LogP contribution is -2.56. The van der Waals surface area contributed by atoms with E-state index in [4.69, 9.17) is 4.74 Å². The predicted molar refractivity (Wildman–Crippen MR) is 150 cm³/mol. The second-order valence-corrected chi connectivity index (χ2v) is 10.7. The molecule has 2 aliphatic heterocycles. The van der Waals surface area contributed by atoms with Crippen LogP contribution in [-0.4, -0.2) is 67.6 Å². The van der Waals surface area contributed by atoms with E-state index in [1.54, 1.807) is 13.2 Å². The highest BCUT2D eigenvalue weighted by atomic mass is 16.5. The monoisotopic (exact) mass is 550 g/mol. The van der Waals surface area contributed by atoms with Gasteiger partial charge in [0.2, 0.25) is 11.8 Å². The van der Waals surface area contributed by atoms with Gasteiger partial charge in [0, 0.05) is 42.7 Å². The molecule has 4 rings (SSSR count). The number of nitrogens with zero attached hydrogens (tertiary/aromatic N) is 1. The summed E-state index contributed by atoms with van der Waals surface area (Å²) in [7, 11) is 1.57. The Balaban J connectivity index is 1.50. The van der Waals surface area contributed by atoms with Crippen LogP contribution in [0, 0.1) is 23.2 Å². The molecule has 40 heavy (non-hydrogen) atoms. The Kier molecular flexibility index (Phi) is 9.63. The molecule has 0 radical (unpaired) electrons. The van der Waals surface area contributed by atoms with Gasteiger partial charge in [0.05, 0.1) is 19.2 Å². The number of aromatic amines is 1. The van der Waals surface area contributed by atoms with Crippen LogP contribution in [0.2, 0.25) is 0 Å². The minimum atomic E-state index is -0.842. The molecule has 12 heteroatoms. The standard InChI is InChI=1S/C28H38N8O4/c1-16(2)9-22(36-28(39)23-11-19-20(34-23)5-4-6-25(19)40-3)27(38)35-21(10-18-7-8-30-26(18)37)24(12-29)31-13-17-14-32-33-15-17/h4-6,11,14,16,18,21-22,24,31-34H,7-10,13,15H2,1-3H3,(H,30,37)(H,35,38)(H,36,39). The van der Waals surface area contributed by atoms with Crippen molar-refractivity contribution in [3.8, 4) is 11.8 Å². The van der Waals surface area contributed by atoms with Crippen LogP contribution in [0.5, 0.6) is 5.75 Å². The highest BCUT2D eigenvalue weighted by Crippen LogP contribution is 2.26. The maximum atomic E-state index is 13.6. The molecule has 3 amide bonds. The van der Waals surface area contributed by atoms with E-state index in [1.165, 1.54) is 0 Å². The molecule has 3 heterocycles. The molecule has 0 spiro atoms. The van der Waals surface area contributed by atoms with Gasteiger partial charge >= 0.3 is 0 Å². The van der Waals surface area contributed by atoms with Crippen LogP contribution in [0.3, 0.4) is 0 Å². The number of benzene rings is 1. The molecule has 2 aromatic rings. The summed E-state index contributed by atoms with van der Waals surface area (Å²) in [6, 6.07) is 7.23. The van der Waals surface area contributed by atoms with Crippen molar-refractivity contribution >= 4 is 28.6 Å². The molecule has 4 atom stereocenters. The van der Waals surface area contributed by atoms with Crippen LogP contribution in [-0.2, 0) is 9.59 Å². The predicted octanol–water partition coefficient (Wildman–Crippen LogP) is 0.805. The number of nitriles is 1. The minimum Gasteiger partial charge on any atom is -0.496 e. The summed E-state index contributed by atoms with van der Waals surface area (Å²) in [4.78, 5) is 42.3. The third-order valence-corrected chi connectivity index (χ3v) is 7.23. The van der Waals surface area contributed by atoms with Crippen LogP contribution in [0.25, 0.3) is 10.9 Å². The normalized spacial score (nSPS) is 18.8. The van der Waals surface area contributed by atoms with Gasteiger partial charge in [0.25, 0.3) is 5.91 Å². The van der Waals surface area contributed by atoms with E-state index >= 15 is 0 Å². The summed E-state index contributed by atoms with van der Waals surface area (Å²) in [6.45, 7) is 5.59. The number of H-pyrrole nitrogens is 1. The molecule has 7 N–H and O–H groups in total. The van der Waals surface area contributed by atoms with Gasteiger partial charge in [0.1, 0.15) is 23.5 Å². The van der Waals surface area contributed by atoms with Gasteiger partial charge < -0.3 is 31.1 Å². The molecular formula is C28H38N8O4. The number of methoxy groups -OCH3 is 1. The fraction of sp³-hybridized carbons (Fsp3) is 0.500. The van der Waals surface area contributed by atoms with Crippen molar-refractivity contribution in [3.05, 3.63) is 41.7 Å². The maximum absolute atomic E-state index is 13.6. The molecule has 1 fully saturated rings. The third kappa shape index (κ3) is 7.11. The zero-order valence-electron chi connectivity index (χ0n) is 23.1. The number of hydrogen-bond donors (Lipinski definition) is 7. The average Bonchev–Trinajstić information content (AvgIpc) is 3.69. The Bertz CT molecular complexity index is 1300. The summed E-state index contributed by atoms with van der Waals surface area (Å²) in [5.74, 6) is -0.464. The molecule has 0 saturated carbocycles. The second kappa shape index (κ2) is 13.3. The highest BCUT2D eigenvalue weighted by molar-refractivity contribution is 6.01. The van der Waals surface area contributed by atoms with Gasteiger partial charge in [-0.1, -0.05) is 19.9 Å². The van der Waals surface area contributed by atoms with Crippen molar-refractivity contribution in [2.75, 3.05) is 26.7 Å². The number of rotatable bonds is 13. The average molecular weight is 551 g/mol. The SMILES string of the molecule is COc1cccc2[nH]c(C(=O)NC(CC(C)C)C(=O)NC(CC3CCNC3=O)C(C#N)NCC3=CNNC3)cc12. The summed E-state index contributed by atoms with van der Waals surface area (Å²) in [5.41, 5.74) is 7.98. The van der Waals surface area contributed by atoms with Gasteiger partial charge in [-0.3, -0.25) is 19.7 Å². The van der Waals surface area contributed by atoms with Crippen LogP contribution in [0.1, 0.15) is 43.6 Å². The number of nitrogens with one attached hydrogen (secondary N) is 7. The first-order chi connectivity index (χ1) is 19.3. The topological polar surface area (TPSA) is 172 Å². The van der Waals surface area contributed by atoms with Gasteiger partial charge in [-0.2, -0.15) is 5.26 Å². The first kappa shape index (κ1) is 28.9. The maximum Gasteiger partial charge on any atom is 0.268 e. The Morgan fingerprint density at radius 1 is 1.25 bits per heavy atom. The summed E-state index contributed by atoms with van der Waals surface area (Å²) >= 11 is 0. The number of fused-ring (bicyclic) bond motifs is 1. The molecule has 4 unspecified atom stereocenters. The van der Waals surface area contributed by atoms with Crippen molar-refractivity contribution in [2.45, 2.75) is 51.2 Å². The number of aromatic nitrogens is 1. The molecule has 1 saturated heterocycles. The lowest BCUT2D eigenvalue weighted by molar-refractivity contribution is -0.126. The van der Waals surface area contributed by atoms with E-state index in [0.717, 1.165) is 16.5 Å². The van der Waals surface area contributed by atoms with Crippen molar-refractivity contribution in [2.24, 2.45) is 11.8 Å². The number of ether oxygens (including phenoxy) is 1. The lowest BCUT2D eigenvalue weighted by Gasteiger charge is -2.29. The van der Waals surface area contributed by atoms with Gasteiger partial charge in [-0.25, -0.2) is 5.43 Å². The zero-order valence-corrected chi connectivity index (χ0v) is 23.1. The molecule has 2 aliphatic rings. The van der Waals surface area contributed by atoms with Crippen LogP contribution in [0.4, 0.5) is 0 Å². The fourth-order valence-electron chi connectivity index (χ4n) is 5.11. The number of carbonyl (C=O) groups is 3. The fourth-order valence-corrected chi connectivity index (χ4v) is 5.11. The molecule has 12 nitrogen and oxygen atoms in total. The minimum absolute atomic E-state index is 0.0795. The van der Waals surface area contributed by atoms with Crippen molar-refractivity contribution in [1.82, 2.24) is 37.1 Å². The highest BCUT2D eigenvalue weighted by Gasteiger charge is 2.34. The van der Waals surface area contributed by atoms with E-state index in [0.29, 0.717) is 50.3 Å². The van der Waals surface area contributed by atoms with Gasteiger partial charge in [-0.05, 0) is 49.0 Å². The van der Waals surface area contributed by atoms with E-state index < -0.39 is 29.9 Å². The molecule has 1 aromatic carbocycles. The number of carbonyl (C=O) groups excluding carboxylic acids is 3. The summed E-state index contributed by atoms with van der Waals surface area (Å²) in [5, 5.41) is 22.7. The van der Waals surface area contributed by atoms with Crippen molar-refractivity contribution in [1.29, 1.82) is 5.26 Å². The first-order valence-corrected chi connectivity index (χ1v) is 13.6. The largest absolute Gasteiger partial charge is 0.496 e. The Morgan fingerprint density at radius 3 is 2.73 bits per heavy atom. The van der Waals surface area contributed by atoms with E-state index in [-0.39, 0.29) is 17.7 Å². The van der Waals surface area contributed by atoms with Crippen LogP contribution < -0.4 is 36.9 Å². The molecule has 0 bridgehead atoms. The Labute approximate surface area is 233 Å². The van der Waals surface area contributed by atoms with Crippen molar-refractivity contribution in [3.63, 3.8) is 0 Å². The second-order valence-electron chi connectivity index (χ2n) is 10.7. The first-order valence-electron chi connectivity index (χ1n) is 13.6. The molecule has 214 valence electrons. The van der Waals surface area contributed by atoms with Crippen LogP contribution >= 0.6 is 0 Å². The van der Waals surface area contributed by atoms with E-state index in [9.17, 15) is 19.6 Å². The number of amides is 3. The van der Waals surface area contributed by atoms with Crippen molar-refractivity contribution < 1.29 is 19.1 Å². The molecular weight excluding hydrogens is 512 g/mol. The quantitative estimate of drug-likeness (QED) is 0.192. The molecule has 1 aromatic heterocycles. The Hall–Kier alpha value is -4.08.